The van der Waals surface area contributed by atoms with E-state index in [4.69, 9.17) is 4.74 Å². The second-order valence-electron chi connectivity index (χ2n) is 5.96. The lowest BCUT2D eigenvalue weighted by molar-refractivity contribution is 0.101. The van der Waals surface area contributed by atoms with Crippen LogP contribution in [0, 0.1) is 0 Å². The monoisotopic (exact) mass is 268 g/mol. The first-order chi connectivity index (χ1) is 9.36. The van der Waals surface area contributed by atoms with Gasteiger partial charge in [-0.05, 0) is 54.3 Å². The number of ketones is 1. The largest absolute Gasteiger partial charge is 0.457 e. The predicted molar refractivity (Wildman–Crippen MR) is 81.7 cm³/mol. The summed E-state index contributed by atoms with van der Waals surface area (Å²) < 4.78 is 5.77. The normalized spacial score (nSPS) is 11.2. The van der Waals surface area contributed by atoms with Crippen LogP contribution in [0.4, 0.5) is 0 Å². The van der Waals surface area contributed by atoms with Crippen molar-refractivity contribution in [2.75, 3.05) is 0 Å². The van der Waals surface area contributed by atoms with Crippen LogP contribution in [0.1, 0.15) is 43.6 Å². The third-order valence-corrected chi connectivity index (χ3v) is 3.22. The maximum absolute atomic E-state index is 11.2. The summed E-state index contributed by atoms with van der Waals surface area (Å²) in [5.41, 5.74) is 2.11. The molecule has 0 unspecified atom stereocenters. The van der Waals surface area contributed by atoms with Crippen LogP contribution < -0.4 is 4.74 Å². The maximum atomic E-state index is 11.2. The van der Waals surface area contributed by atoms with Crippen LogP contribution in [0.3, 0.4) is 0 Å². The van der Waals surface area contributed by atoms with Gasteiger partial charge in [0.25, 0.3) is 0 Å². The Morgan fingerprint density at radius 2 is 1.30 bits per heavy atom. The van der Waals surface area contributed by atoms with Crippen LogP contribution in [-0.2, 0) is 5.41 Å². The predicted octanol–water partition coefficient (Wildman–Crippen LogP) is 4.98. The van der Waals surface area contributed by atoms with Crippen LogP contribution in [0.25, 0.3) is 0 Å². The van der Waals surface area contributed by atoms with Gasteiger partial charge in [-0.2, -0.15) is 0 Å². The molecule has 2 nitrogen and oxygen atoms in total. The van der Waals surface area contributed by atoms with Gasteiger partial charge in [-0.1, -0.05) is 32.9 Å². The number of hydrogen-bond donors (Lipinski definition) is 0. The molecule has 0 N–H and O–H groups in total. The number of carbonyl (C=O) groups is 1. The first-order valence-electron chi connectivity index (χ1n) is 6.76. The van der Waals surface area contributed by atoms with Gasteiger partial charge in [0, 0.05) is 5.56 Å². The summed E-state index contributed by atoms with van der Waals surface area (Å²) in [5.74, 6) is 1.60. The Balaban J connectivity index is 2.12. The van der Waals surface area contributed by atoms with Gasteiger partial charge in [0.2, 0.25) is 0 Å². The minimum atomic E-state index is 0.0612. The molecule has 0 atom stereocenters. The van der Waals surface area contributed by atoms with Gasteiger partial charge in [-0.25, -0.2) is 0 Å². The summed E-state index contributed by atoms with van der Waals surface area (Å²) >= 11 is 0. The van der Waals surface area contributed by atoms with Crippen LogP contribution in [-0.4, -0.2) is 5.78 Å². The molecule has 0 saturated carbocycles. The average molecular weight is 268 g/mol. The number of carbonyl (C=O) groups excluding carboxylic acids is 1. The number of hydrogen-bond acceptors (Lipinski definition) is 2. The zero-order valence-electron chi connectivity index (χ0n) is 12.4. The van der Waals surface area contributed by atoms with E-state index in [0.29, 0.717) is 5.56 Å². The fourth-order valence-corrected chi connectivity index (χ4v) is 1.92. The lowest BCUT2D eigenvalue weighted by Crippen LogP contribution is -2.10. The zero-order chi connectivity index (χ0) is 14.8. The van der Waals surface area contributed by atoms with Crippen molar-refractivity contribution in [1.29, 1.82) is 0 Å². The highest BCUT2D eigenvalue weighted by atomic mass is 16.5. The second-order valence-corrected chi connectivity index (χ2v) is 5.96. The molecule has 0 fully saturated rings. The van der Waals surface area contributed by atoms with Gasteiger partial charge in [-0.3, -0.25) is 4.79 Å². The summed E-state index contributed by atoms with van der Waals surface area (Å²) in [6.45, 7) is 8.11. The van der Waals surface area contributed by atoms with Crippen molar-refractivity contribution in [2.24, 2.45) is 0 Å². The SMILES string of the molecule is CC(=O)c1ccc(Oc2ccc(C(C)(C)C)cc2)cc1. The Morgan fingerprint density at radius 1 is 0.850 bits per heavy atom. The van der Waals surface area contributed by atoms with Crippen molar-refractivity contribution >= 4 is 5.78 Å². The van der Waals surface area contributed by atoms with Crippen LogP contribution in [0.2, 0.25) is 0 Å². The lowest BCUT2D eigenvalue weighted by Gasteiger charge is -2.19. The highest BCUT2D eigenvalue weighted by molar-refractivity contribution is 5.94. The molecule has 2 aromatic rings. The topological polar surface area (TPSA) is 26.3 Å². The van der Waals surface area contributed by atoms with E-state index in [2.05, 4.69) is 32.9 Å². The molecule has 0 aliphatic rings. The number of ether oxygens (including phenoxy) is 1. The van der Waals surface area contributed by atoms with E-state index >= 15 is 0 Å². The van der Waals surface area contributed by atoms with Crippen LogP contribution >= 0.6 is 0 Å². The Labute approximate surface area is 120 Å². The number of benzene rings is 2. The van der Waals surface area contributed by atoms with E-state index in [1.807, 2.05) is 24.3 Å². The molecule has 0 aliphatic carbocycles. The third-order valence-electron chi connectivity index (χ3n) is 3.22. The van der Waals surface area contributed by atoms with Gasteiger partial charge < -0.3 is 4.74 Å². The summed E-state index contributed by atoms with van der Waals surface area (Å²) in [7, 11) is 0. The van der Waals surface area contributed by atoms with Crippen molar-refractivity contribution < 1.29 is 9.53 Å². The van der Waals surface area contributed by atoms with E-state index in [0.717, 1.165) is 11.5 Å². The third kappa shape index (κ3) is 3.47. The molecular weight excluding hydrogens is 248 g/mol. The molecule has 0 bridgehead atoms. The molecule has 0 spiro atoms. The van der Waals surface area contributed by atoms with Gasteiger partial charge in [0.15, 0.2) is 5.78 Å². The van der Waals surface area contributed by atoms with Crippen molar-refractivity contribution in [3.63, 3.8) is 0 Å². The highest BCUT2D eigenvalue weighted by Crippen LogP contribution is 2.27. The van der Waals surface area contributed by atoms with Gasteiger partial charge in [0.1, 0.15) is 11.5 Å². The zero-order valence-corrected chi connectivity index (χ0v) is 12.4. The molecule has 0 aliphatic heterocycles. The quantitative estimate of drug-likeness (QED) is 0.734. The van der Waals surface area contributed by atoms with Crippen molar-refractivity contribution in [3.8, 4) is 11.5 Å². The summed E-state index contributed by atoms with van der Waals surface area (Å²) in [6, 6.07) is 15.3. The van der Waals surface area contributed by atoms with Crippen molar-refractivity contribution in [1.82, 2.24) is 0 Å². The van der Waals surface area contributed by atoms with Crippen molar-refractivity contribution in [3.05, 3.63) is 59.7 Å². The molecule has 2 heteroatoms. The summed E-state index contributed by atoms with van der Waals surface area (Å²) in [4.78, 5) is 11.2. The van der Waals surface area contributed by atoms with Crippen LogP contribution in [0.15, 0.2) is 48.5 Å². The minimum Gasteiger partial charge on any atom is -0.457 e. The Morgan fingerprint density at radius 3 is 1.70 bits per heavy atom. The molecule has 0 amide bonds. The first kappa shape index (κ1) is 14.3. The summed E-state index contributed by atoms with van der Waals surface area (Å²) in [6.07, 6.45) is 0. The fraction of sp³-hybridized carbons (Fsp3) is 0.278. The molecule has 0 aromatic heterocycles. The highest BCUT2D eigenvalue weighted by Gasteiger charge is 2.13. The average Bonchev–Trinajstić information content (AvgIpc) is 2.39. The molecular formula is C18H20O2. The number of rotatable bonds is 3. The summed E-state index contributed by atoms with van der Waals surface area (Å²) in [5, 5.41) is 0. The molecule has 0 radical (unpaired) electrons. The Bertz CT molecular complexity index is 587. The van der Waals surface area contributed by atoms with E-state index in [1.54, 1.807) is 19.1 Å². The van der Waals surface area contributed by atoms with Gasteiger partial charge in [0.05, 0.1) is 0 Å². The first-order valence-corrected chi connectivity index (χ1v) is 6.76. The maximum Gasteiger partial charge on any atom is 0.159 e. The molecule has 2 aromatic carbocycles. The lowest BCUT2D eigenvalue weighted by atomic mass is 9.87. The van der Waals surface area contributed by atoms with Crippen molar-refractivity contribution in [2.45, 2.75) is 33.1 Å². The molecule has 0 saturated heterocycles. The smallest absolute Gasteiger partial charge is 0.159 e. The fourth-order valence-electron chi connectivity index (χ4n) is 1.92. The van der Waals surface area contributed by atoms with E-state index < -0.39 is 0 Å². The van der Waals surface area contributed by atoms with Crippen LogP contribution in [0.5, 0.6) is 11.5 Å². The van der Waals surface area contributed by atoms with Gasteiger partial charge in [-0.15, -0.1) is 0 Å². The Kier molecular flexibility index (Phi) is 3.93. The molecule has 2 rings (SSSR count). The van der Waals surface area contributed by atoms with E-state index in [9.17, 15) is 4.79 Å². The van der Waals surface area contributed by atoms with Gasteiger partial charge >= 0.3 is 0 Å². The standard InChI is InChI=1S/C18H20O2/c1-13(19)14-5-9-16(10-6-14)20-17-11-7-15(8-12-17)18(2,3)4/h5-12H,1-4H3. The molecule has 0 heterocycles. The number of Topliss-reactive ketones (excluding diaryl/α,β-unsaturated/α-hetero) is 1. The minimum absolute atomic E-state index is 0.0612. The Hall–Kier alpha value is -2.09. The molecule has 104 valence electrons. The van der Waals surface area contributed by atoms with E-state index in [1.165, 1.54) is 5.56 Å². The van der Waals surface area contributed by atoms with E-state index in [-0.39, 0.29) is 11.2 Å². The molecule has 20 heavy (non-hydrogen) atoms. The second kappa shape index (κ2) is 5.49.